The maximum Gasteiger partial charge on any atom is 0.0595 e. The molecule has 25 heavy (non-hydrogen) atoms. The lowest BCUT2D eigenvalue weighted by molar-refractivity contribution is 0.631. The van der Waals surface area contributed by atoms with Gasteiger partial charge in [-0.1, -0.05) is 71.7 Å². The first kappa shape index (κ1) is 20.1. The number of fused-ring (bicyclic) bond motifs is 1. The Morgan fingerprint density at radius 1 is 0.920 bits per heavy atom. The van der Waals surface area contributed by atoms with Crippen LogP contribution in [0.15, 0.2) is 60.7 Å². The van der Waals surface area contributed by atoms with Crippen LogP contribution in [0.25, 0.3) is 10.8 Å². The third-order valence-electron chi connectivity index (χ3n) is 4.46. The van der Waals surface area contributed by atoms with E-state index in [9.17, 15) is 0 Å². The summed E-state index contributed by atoms with van der Waals surface area (Å²) >= 11 is 12.4. The zero-order valence-electron chi connectivity index (χ0n) is 14.1. The first-order valence-electron chi connectivity index (χ1n) is 8.28. The molecule has 0 aliphatic carbocycles. The van der Waals surface area contributed by atoms with E-state index in [-0.39, 0.29) is 12.4 Å². The predicted molar refractivity (Wildman–Crippen MR) is 113 cm³/mol. The van der Waals surface area contributed by atoms with Gasteiger partial charge in [-0.15, -0.1) is 12.4 Å². The second-order valence-corrected chi connectivity index (χ2v) is 6.85. The van der Waals surface area contributed by atoms with E-state index in [4.69, 9.17) is 23.2 Å². The summed E-state index contributed by atoms with van der Waals surface area (Å²) in [5.74, 6) is 0.305. The molecule has 0 spiro atoms. The van der Waals surface area contributed by atoms with Crippen LogP contribution in [0, 0.1) is 0 Å². The molecule has 4 heteroatoms. The van der Waals surface area contributed by atoms with Crippen LogP contribution in [-0.4, -0.2) is 13.6 Å². The smallest absolute Gasteiger partial charge is 0.0595 e. The third-order valence-corrected chi connectivity index (χ3v) is 5.20. The molecule has 0 fully saturated rings. The van der Waals surface area contributed by atoms with Gasteiger partial charge in [-0.25, -0.2) is 0 Å². The molecule has 132 valence electrons. The number of halogens is 3. The van der Waals surface area contributed by atoms with Crippen molar-refractivity contribution < 1.29 is 0 Å². The van der Waals surface area contributed by atoms with Gasteiger partial charge in [-0.05, 0) is 60.5 Å². The average Bonchev–Trinajstić information content (AvgIpc) is 2.61. The van der Waals surface area contributed by atoms with Crippen LogP contribution in [0.4, 0.5) is 0 Å². The molecule has 1 N–H and O–H groups in total. The van der Waals surface area contributed by atoms with Gasteiger partial charge in [0.05, 0.1) is 10.0 Å². The SMILES string of the molecule is CNCCC[C@@H](c1ccc(Cl)c(Cl)c1)c1cccc2ccccc12.Cl. The van der Waals surface area contributed by atoms with E-state index in [1.807, 2.05) is 19.2 Å². The molecule has 1 atom stereocenters. The van der Waals surface area contributed by atoms with Crippen molar-refractivity contribution in [3.8, 4) is 0 Å². The summed E-state index contributed by atoms with van der Waals surface area (Å²) in [6.07, 6.45) is 2.16. The number of hydrogen-bond acceptors (Lipinski definition) is 1. The lowest BCUT2D eigenvalue weighted by atomic mass is 9.85. The largest absolute Gasteiger partial charge is 0.320 e. The van der Waals surface area contributed by atoms with Gasteiger partial charge in [0.2, 0.25) is 0 Å². The van der Waals surface area contributed by atoms with E-state index in [0.29, 0.717) is 16.0 Å². The number of benzene rings is 3. The molecule has 3 aromatic rings. The molecule has 0 radical (unpaired) electrons. The molecule has 0 bridgehead atoms. The number of nitrogens with one attached hydrogen (secondary N) is 1. The lowest BCUT2D eigenvalue weighted by Crippen LogP contribution is -2.10. The molecule has 0 aliphatic rings. The third kappa shape index (κ3) is 4.68. The molecule has 1 nitrogen and oxygen atoms in total. The standard InChI is InChI=1S/C21H21Cl2N.ClH/c1-24-13-5-10-18(16-11-12-20(22)21(23)14-16)19-9-4-7-15-6-2-3-8-17(15)19;/h2-4,6-9,11-12,14,18,24H,5,10,13H2,1H3;1H/t18-;/m0./s1. The molecule has 0 saturated carbocycles. The Balaban J connectivity index is 0.00000225. The van der Waals surface area contributed by atoms with E-state index in [1.165, 1.54) is 21.9 Å². The van der Waals surface area contributed by atoms with E-state index in [1.54, 1.807) is 0 Å². The molecule has 0 heterocycles. The summed E-state index contributed by atoms with van der Waals surface area (Å²) in [6.45, 7) is 1.00. The van der Waals surface area contributed by atoms with Crippen LogP contribution in [-0.2, 0) is 0 Å². The van der Waals surface area contributed by atoms with Gasteiger partial charge < -0.3 is 5.32 Å². The Hall–Kier alpha value is -1.25. The quantitative estimate of drug-likeness (QED) is 0.459. The van der Waals surface area contributed by atoms with Crippen LogP contribution < -0.4 is 5.32 Å². The molecule has 3 rings (SSSR count). The molecule has 0 unspecified atom stereocenters. The van der Waals surface area contributed by atoms with Gasteiger partial charge in [0.25, 0.3) is 0 Å². The highest BCUT2D eigenvalue weighted by molar-refractivity contribution is 6.42. The molecular weight excluding hydrogens is 373 g/mol. The highest BCUT2D eigenvalue weighted by Gasteiger charge is 2.17. The number of rotatable bonds is 6. The second kappa shape index (κ2) is 9.45. The molecule has 0 amide bonds. The first-order chi connectivity index (χ1) is 11.7. The van der Waals surface area contributed by atoms with Crippen molar-refractivity contribution in [3.63, 3.8) is 0 Å². The number of hydrogen-bond donors (Lipinski definition) is 1. The Kier molecular flexibility index (Phi) is 7.58. The monoisotopic (exact) mass is 393 g/mol. The molecule has 0 aromatic heterocycles. The van der Waals surface area contributed by atoms with E-state index >= 15 is 0 Å². The summed E-state index contributed by atoms with van der Waals surface area (Å²) in [5, 5.41) is 7.04. The van der Waals surface area contributed by atoms with Gasteiger partial charge in [0.1, 0.15) is 0 Å². The van der Waals surface area contributed by atoms with Crippen molar-refractivity contribution in [2.45, 2.75) is 18.8 Å². The van der Waals surface area contributed by atoms with Gasteiger partial charge >= 0.3 is 0 Å². The van der Waals surface area contributed by atoms with Crippen molar-refractivity contribution in [3.05, 3.63) is 81.8 Å². The highest BCUT2D eigenvalue weighted by atomic mass is 35.5. The predicted octanol–water partition coefficient (Wildman–Crippen LogP) is 6.70. The fourth-order valence-corrected chi connectivity index (χ4v) is 3.57. The normalized spacial score (nSPS) is 12.0. The van der Waals surface area contributed by atoms with Crippen molar-refractivity contribution in [1.82, 2.24) is 5.32 Å². The van der Waals surface area contributed by atoms with Gasteiger partial charge in [-0.2, -0.15) is 0 Å². The van der Waals surface area contributed by atoms with Crippen LogP contribution >= 0.6 is 35.6 Å². The van der Waals surface area contributed by atoms with Crippen LogP contribution in [0.5, 0.6) is 0 Å². The summed E-state index contributed by atoms with van der Waals surface area (Å²) in [5.41, 5.74) is 2.57. The van der Waals surface area contributed by atoms with Gasteiger partial charge in [0.15, 0.2) is 0 Å². The summed E-state index contributed by atoms with van der Waals surface area (Å²) in [4.78, 5) is 0. The average molecular weight is 395 g/mol. The van der Waals surface area contributed by atoms with Crippen LogP contribution in [0.2, 0.25) is 10.0 Å². The minimum absolute atomic E-state index is 0. The van der Waals surface area contributed by atoms with Crippen LogP contribution in [0.1, 0.15) is 29.9 Å². The Morgan fingerprint density at radius 3 is 2.44 bits per heavy atom. The minimum Gasteiger partial charge on any atom is -0.320 e. The molecule has 0 saturated heterocycles. The van der Waals surface area contributed by atoms with Crippen molar-refractivity contribution in [2.75, 3.05) is 13.6 Å². The Morgan fingerprint density at radius 2 is 1.68 bits per heavy atom. The zero-order chi connectivity index (χ0) is 16.9. The molecule has 3 aromatic carbocycles. The maximum absolute atomic E-state index is 6.28. The van der Waals surface area contributed by atoms with Gasteiger partial charge in [0, 0.05) is 5.92 Å². The van der Waals surface area contributed by atoms with E-state index < -0.39 is 0 Å². The summed E-state index contributed by atoms with van der Waals surface area (Å²) < 4.78 is 0. The van der Waals surface area contributed by atoms with Gasteiger partial charge in [-0.3, -0.25) is 0 Å². The zero-order valence-corrected chi connectivity index (χ0v) is 16.5. The van der Waals surface area contributed by atoms with E-state index in [0.717, 1.165) is 19.4 Å². The topological polar surface area (TPSA) is 12.0 Å². The highest BCUT2D eigenvalue weighted by Crippen LogP contribution is 2.36. The molecule has 0 aliphatic heterocycles. The maximum atomic E-state index is 6.28. The first-order valence-corrected chi connectivity index (χ1v) is 9.03. The van der Waals surface area contributed by atoms with Crippen LogP contribution in [0.3, 0.4) is 0 Å². The van der Waals surface area contributed by atoms with E-state index in [2.05, 4.69) is 53.8 Å². The Bertz CT molecular complexity index is 827. The fourth-order valence-electron chi connectivity index (χ4n) is 3.27. The summed E-state index contributed by atoms with van der Waals surface area (Å²) in [6, 6.07) is 21.1. The second-order valence-electron chi connectivity index (χ2n) is 6.04. The summed E-state index contributed by atoms with van der Waals surface area (Å²) in [7, 11) is 1.99. The van der Waals surface area contributed by atoms with Crippen molar-refractivity contribution >= 4 is 46.4 Å². The fraction of sp³-hybridized carbons (Fsp3) is 0.238. The van der Waals surface area contributed by atoms with Crippen molar-refractivity contribution in [2.24, 2.45) is 0 Å². The van der Waals surface area contributed by atoms with Crippen molar-refractivity contribution in [1.29, 1.82) is 0 Å². The lowest BCUT2D eigenvalue weighted by Gasteiger charge is -2.20. The molecular formula is C21H22Cl3N. The minimum atomic E-state index is 0. The Labute approximate surface area is 165 Å².